The van der Waals surface area contributed by atoms with Gasteiger partial charge in [-0.1, -0.05) is 23.2 Å². The Hall–Kier alpha value is -1.52. The summed E-state index contributed by atoms with van der Waals surface area (Å²) in [7, 11) is 1.77. The molecule has 2 rings (SSSR count). The number of anilines is 1. The molecule has 0 atom stereocenters. The van der Waals surface area contributed by atoms with Gasteiger partial charge in [-0.2, -0.15) is 5.10 Å². The van der Waals surface area contributed by atoms with Gasteiger partial charge in [-0.15, -0.1) is 0 Å². The number of amides is 1. The summed E-state index contributed by atoms with van der Waals surface area (Å²) < 4.78 is 1.60. The lowest BCUT2D eigenvalue weighted by Crippen LogP contribution is -2.12. The largest absolute Gasteiger partial charge is 0.305 e. The molecule has 1 aromatic carbocycles. The Balaban J connectivity index is 2.19. The first-order valence-corrected chi connectivity index (χ1v) is 5.57. The highest BCUT2D eigenvalue weighted by Gasteiger charge is 2.09. The normalized spacial score (nSPS) is 10.3. The molecule has 6 heteroatoms. The van der Waals surface area contributed by atoms with Gasteiger partial charge in [0.25, 0.3) is 5.91 Å². The van der Waals surface area contributed by atoms with Crippen LogP contribution in [0.15, 0.2) is 30.5 Å². The van der Waals surface area contributed by atoms with Crippen LogP contribution < -0.4 is 5.32 Å². The van der Waals surface area contributed by atoms with E-state index in [1.807, 2.05) is 0 Å². The molecule has 1 N–H and O–H groups in total. The van der Waals surface area contributed by atoms with Crippen LogP contribution in [0.25, 0.3) is 0 Å². The van der Waals surface area contributed by atoms with E-state index in [0.29, 0.717) is 21.4 Å². The third-order valence-electron chi connectivity index (χ3n) is 2.08. The average molecular weight is 270 g/mol. The third-order valence-corrected chi connectivity index (χ3v) is 2.52. The van der Waals surface area contributed by atoms with Crippen molar-refractivity contribution in [1.82, 2.24) is 9.78 Å². The highest BCUT2D eigenvalue weighted by Crippen LogP contribution is 2.19. The maximum atomic E-state index is 11.9. The lowest BCUT2D eigenvalue weighted by molar-refractivity contribution is 0.102. The van der Waals surface area contributed by atoms with Crippen molar-refractivity contribution in [2.24, 2.45) is 7.05 Å². The minimum atomic E-state index is -0.298. The topological polar surface area (TPSA) is 46.9 Å². The molecule has 0 aliphatic carbocycles. The molecule has 0 saturated heterocycles. The van der Waals surface area contributed by atoms with Crippen molar-refractivity contribution in [3.63, 3.8) is 0 Å². The summed E-state index contributed by atoms with van der Waals surface area (Å²) in [5, 5.41) is 7.53. The van der Waals surface area contributed by atoms with Gasteiger partial charge in [0.15, 0.2) is 5.82 Å². The summed E-state index contributed by atoms with van der Waals surface area (Å²) in [5.41, 5.74) is 0.396. The van der Waals surface area contributed by atoms with Gasteiger partial charge in [0.05, 0.1) is 0 Å². The molecular weight excluding hydrogens is 261 g/mol. The Morgan fingerprint density at radius 3 is 2.47 bits per heavy atom. The van der Waals surface area contributed by atoms with Crippen LogP contribution in [0.1, 0.15) is 10.4 Å². The molecule has 88 valence electrons. The Bertz CT molecular complexity index is 545. The predicted molar refractivity (Wildman–Crippen MR) is 67.6 cm³/mol. The second kappa shape index (κ2) is 4.77. The van der Waals surface area contributed by atoms with E-state index in [1.54, 1.807) is 42.2 Å². The van der Waals surface area contributed by atoms with Gasteiger partial charge < -0.3 is 5.32 Å². The molecule has 0 aliphatic rings. The van der Waals surface area contributed by atoms with Gasteiger partial charge in [-0.3, -0.25) is 9.48 Å². The van der Waals surface area contributed by atoms with E-state index in [2.05, 4.69) is 10.4 Å². The molecule has 0 fully saturated rings. The van der Waals surface area contributed by atoms with Gasteiger partial charge in [0.1, 0.15) is 0 Å². The molecule has 2 aromatic rings. The number of nitrogens with zero attached hydrogens (tertiary/aromatic N) is 2. The first-order chi connectivity index (χ1) is 8.04. The Kier molecular flexibility index (Phi) is 3.36. The number of benzene rings is 1. The number of aromatic nitrogens is 2. The Labute approximate surface area is 108 Å². The fourth-order valence-electron chi connectivity index (χ4n) is 1.36. The number of carbonyl (C=O) groups excluding carboxylic acids is 1. The smallest absolute Gasteiger partial charge is 0.256 e. The number of nitrogens with one attached hydrogen (secondary N) is 1. The second-order valence-corrected chi connectivity index (χ2v) is 4.36. The first kappa shape index (κ1) is 12.0. The SMILES string of the molecule is Cn1ccc(NC(=O)c2cc(Cl)cc(Cl)c2)n1. The Morgan fingerprint density at radius 2 is 1.94 bits per heavy atom. The summed E-state index contributed by atoms with van der Waals surface area (Å²) in [6.45, 7) is 0. The molecule has 0 aliphatic heterocycles. The fraction of sp³-hybridized carbons (Fsp3) is 0.0909. The zero-order valence-corrected chi connectivity index (χ0v) is 10.5. The van der Waals surface area contributed by atoms with Crippen molar-refractivity contribution in [1.29, 1.82) is 0 Å². The highest BCUT2D eigenvalue weighted by molar-refractivity contribution is 6.35. The monoisotopic (exact) mass is 269 g/mol. The number of hydrogen-bond donors (Lipinski definition) is 1. The molecule has 0 bridgehead atoms. The number of halogens is 2. The maximum absolute atomic E-state index is 11.9. The molecule has 0 radical (unpaired) electrons. The zero-order chi connectivity index (χ0) is 12.4. The van der Waals surface area contributed by atoms with Crippen molar-refractivity contribution in [2.75, 3.05) is 5.32 Å². The van der Waals surface area contributed by atoms with Crippen LogP contribution in [0.5, 0.6) is 0 Å². The summed E-state index contributed by atoms with van der Waals surface area (Å²) in [4.78, 5) is 11.9. The third kappa shape index (κ3) is 2.99. The van der Waals surface area contributed by atoms with Crippen LogP contribution in [0.3, 0.4) is 0 Å². The molecular formula is C11H9Cl2N3O. The molecule has 1 aromatic heterocycles. The van der Waals surface area contributed by atoms with E-state index in [-0.39, 0.29) is 5.91 Å². The van der Waals surface area contributed by atoms with Gasteiger partial charge in [-0.25, -0.2) is 0 Å². The summed E-state index contributed by atoms with van der Waals surface area (Å²) in [6.07, 6.45) is 1.74. The molecule has 0 unspecified atom stereocenters. The molecule has 4 nitrogen and oxygen atoms in total. The van der Waals surface area contributed by atoms with Crippen LogP contribution in [-0.4, -0.2) is 15.7 Å². The van der Waals surface area contributed by atoms with Crippen molar-refractivity contribution >= 4 is 34.9 Å². The Morgan fingerprint density at radius 1 is 1.29 bits per heavy atom. The zero-order valence-electron chi connectivity index (χ0n) is 8.95. The minimum Gasteiger partial charge on any atom is -0.305 e. The molecule has 0 saturated carbocycles. The molecule has 1 heterocycles. The van der Waals surface area contributed by atoms with E-state index >= 15 is 0 Å². The van der Waals surface area contributed by atoms with Crippen molar-refractivity contribution < 1.29 is 4.79 Å². The van der Waals surface area contributed by atoms with E-state index in [9.17, 15) is 4.79 Å². The van der Waals surface area contributed by atoms with Gasteiger partial charge in [-0.05, 0) is 18.2 Å². The minimum absolute atomic E-state index is 0.298. The van der Waals surface area contributed by atoms with Crippen molar-refractivity contribution in [2.45, 2.75) is 0 Å². The quantitative estimate of drug-likeness (QED) is 0.911. The van der Waals surface area contributed by atoms with E-state index in [1.165, 1.54) is 0 Å². The van der Waals surface area contributed by atoms with Crippen LogP contribution >= 0.6 is 23.2 Å². The lowest BCUT2D eigenvalue weighted by atomic mass is 10.2. The molecule has 17 heavy (non-hydrogen) atoms. The number of rotatable bonds is 2. The average Bonchev–Trinajstić information content (AvgIpc) is 2.62. The maximum Gasteiger partial charge on any atom is 0.256 e. The standard InChI is InChI=1S/C11H9Cl2N3O/c1-16-3-2-10(15-16)14-11(17)7-4-8(12)6-9(13)5-7/h2-6H,1H3,(H,14,15,17). The first-order valence-electron chi connectivity index (χ1n) is 4.82. The highest BCUT2D eigenvalue weighted by atomic mass is 35.5. The number of hydrogen-bond acceptors (Lipinski definition) is 2. The van der Waals surface area contributed by atoms with Crippen LogP contribution in [-0.2, 0) is 7.05 Å². The number of carbonyl (C=O) groups is 1. The van der Waals surface area contributed by atoms with Crippen molar-refractivity contribution in [3.05, 3.63) is 46.1 Å². The van der Waals surface area contributed by atoms with E-state index < -0.39 is 0 Å². The summed E-state index contributed by atoms with van der Waals surface area (Å²) in [5.74, 6) is 0.182. The van der Waals surface area contributed by atoms with Gasteiger partial charge in [0.2, 0.25) is 0 Å². The summed E-state index contributed by atoms with van der Waals surface area (Å²) >= 11 is 11.6. The van der Waals surface area contributed by atoms with Crippen molar-refractivity contribution in [3.8, 4) is 0 Å². The van der Waals surface area contributed by atoms with E-state index in [0.717, 1.165) is 0 Å². The van der Waals surface area contributed by atoms with E-state index in [4.69, 9.17) is 23.2 Å². The van der Waals surface area contributed by atoms with Gasteiger partial charge >= 0.3 is 0 Å². The fourth-order valence-corrected chi connectivity index (χ4v) is 1.88. The van der Waals surface area contributed by atoms with Gasteiger partial charge in [0, 0.05) is 34.9 Å². The van der Waals surface area contributed by atoms with Crippen LogP contribution in [0.4, 0.5) is 5.82 Å². The molecule has 0 spiro atoms. The van der Waals surface area contributed by atoms with Crippen LogP contribution in [0.2, 0.25) is 10.0 Å². The number of aryl methyl sites for hydroxylation is 1. The summed E-state index contributed by atoms with van der Waals surface area (Å²) in [6, 6.07) is 6.36. The lowest BCUT2D eigenvalue weighted by Gasteiger charge is -2.03. The second-order valence-electron chi connectivity index (χ2n) is 3.49. The predicted octanol–water partition coefficient (Wildman–Crippen LogP) is 2.98. The van der Waals surface area contributed by atoms with Crippen LogP contribution in [0, 0.1) is 0 Å². The molecule has 1 amide bonds.